The third-order valence-electron chi connectivity index (χ3n) is 3.17. The van der Waals surface area contributed by atoms with Crippen molar-refractivity contribution in [3.05, 3.63) is 40.5 Å². The highest BCUT2D eigenvalue weighted by Crippen LogP contribution is 2.28. The van der Waals surface area contributed by atoms with Gasteiger partial charge in [-0.3, -0.25) is 0 Å². The number of benzene rings is 1. The molecule has 2 aromatic rings. The number of thiazole rings is 1. The number of carbonyl (C=O) groups is 1. The van der Waals surface area contributed by atoms with Crippen LogP contribution in [-0.4, -0.2) is 16.7 Å². The number of hydrogen-bond acceptors (Lipinski definition) is 4. The number of aromatic nitrogens is 1. The second-order valence-electron chi connectivity index (χ2n) is 6.26. The zero-order valence-electron chi connectivity index (χ0n) is 13.7. The van der Waals surface area contributed by atoms with Crippen molar-refractivity contribution in [2.24, 2.45) is 0 Å². The van der Waals surface area contributed by atoms with Gasteiger partial charge < -0.3 is 10.1 Å². The molecule has 2 rings (SSSR count). The highest BCUT2D eigenvalue weighted by Gasteiger charge is 2.16. The molecule has 0 aliphatic heterocycles. The summed E-state index contributed by atoms with van der Waals surface area (Å²) in [7, 11) is 0. The van der Waals surface area contributed by atoms with E-state index in [1.165, 1.54) is 10.4 Å². The van der Waals surface area contributed by atoms with Gasteiger partial charge in [-0.15, -0.1) is 11.3 Å². The van der Waals surface area contributed by atoms with Gasteiger partial charge >= 0.3 is 6.09 Å². The van der Waals surface area contributed by atoms with Crippen molar-refractivity contribution in [1.29, 1.82) is 0 Å². The Morgan fingerprint density at radius 3 is 2.59 bits per heavy atom. The Balaban J connectivity index is 2.05. The molecule has 0 radical (unpaired) electrons. The lowest BCUT2D eigenvalue weighted by Gasteiger charge is -2.20. The quantitative estimate of drug-likeness (QED) is 0.909. The van der Waals surface area contributed by atoms with E-state index >= 15 is 0 Å². The molecule has 0 saturated carbocycles. The molecule has 0 spiro atoms. The van der Waals surface area contributed by atoms with Crippen LogP contribution in [0.4, 0.5) is 4.79 Å². The van der Waals surface area contributed by atoms with Gasteiger partial charge in [-0.05, 0) is 51.3 Å². The number of nitrogens with zero attached hydrogens (tertiary/aromatic N) is 1. The summed E-state index contributed by atoms with van der Waals surface area (Å²) < 4.78 is 5.24. The summed E-state index contributed by atoms with van der Waals surface area (Å²) >= 11 is 1.64. The van der Waals surface area contributed by atoms with Crippen molar-refractivity contribution in [1.82, 2.24) is 10.3 Å². The molecule has 0 bridgehead atoms. The second-order valence-corrected chi connectivity index (χ2v) is 7.12. The Morgan fingerprint density at radius 1 is 1.32 bits per heavy atom. The maximum atomic E-state index is 11.7. The Hall–Kier alpha value is -1.88. The summed E-state index contributed by atoms with van der Waals surface area (Å²) in [5, 5.41) is 2.79. The minimum Gasteiger partial charge on any atom is -0.444 e. The summed E-state index contributed by atoms with van der Waals surface area (Å²) in [4.78, 5) is 17.2. The number of carbonyl (C=O) groups excluding carboxylic acids is 1. The van der Waals surface area contributed by atoms with E-state index in [0.717, 1.165) is 16.8 Å². The maximum absolute atomic E-state index is 11.7. The van der Waals surface area contributed by atoms with Gasteiger partial charge in [-0.2, -0.15) is 0 Å². The predicted molar refractivity (Wildman–Crippen MR) is 90.1 cm³/mol. The van der Waals surface area contributed by atoms with Gasteiger partial charge in [-0.25, -0.2) is 9.78 Å². The maximum Gasteiger partial charge on any atom is 0.407 e. The molecule has 1 aromatic heterocycles. The van der Waals surface area contributed by atoms with Crippen molar-refractivity contribution in [2.45, 2.75) is 46.8 Å². The van der Waals surface area contributed by atoms with E-state index in [1.54, 1.807) is 11.3 Å². The third-order valence-corrected chi connectivity index (χ3v) is 4.15. The van der Waals surface area contributed by atoms with Crippen LogP contribution < -0.4 is 5.32 Å². The fraction of sp³-hybridized carbons (Fsp3) is 0.412. The van der Waals surface area contributed by atoms with E-state index in [4.69, 9.17) is 4.74 Å². The molecule has 5 heteroatoms. The SMILES string of the molecule is Cc1cc(-c2scnc2C)ccc1CNC(=O)OC(C)(C)C. The number of hydrogen-bond donors (Lipinski definition) is 1. The minimum atomic E-state index is -0.479. The first-order chi connectivity index (χ1) is 10.3. The van der Waals surface area contributed by atoms with Crippen LogP contribution in [0.1, 0.15) is 37.6 Å². The third kappa shape index (κ3) is 4.31. The van der Waals surface area contributed by atoms with E-state index in [0.29, 0.717) is 6.54 Å². The van der Waals surface area contributed by atoms with Gasteiger partial charge in [0.15, 0.2) is 0 Å². The van der Waals surface area contributed by atoms with Crippen molar-refractivity contribution in [2.75, 3.05) is 0 Å². The first-order valence-corrected chi connectivity index (χ1v) is 8.11. The number of aryl methyl sites for hydroxylation is 2. The lowest BCUT2D eigenvalue weighted by atomic mass is 10.0. The van der Waals surface area contributed by atoms with E-state index in [-0.39, 0.29) is 0 Å². The number of ether oxygens (including phenoxy) is 1. The predicted octanol–water partition coefficient (Wildman–Crippen LogP) is 4.45. The van der Waals surface area contributed by atoms with Crippen LogP contribution >= 0.6 is 11.3 Å². The van der Waals surface area contributed by atoms with Gasteiger partial charge in [0.05, 0.1) is 16.1 Å². The summed E-state index contributed by atoms with van der Waals surface area (Å²) in [5.41, 5.74) is 5.81. The summed E-state index contributed by atoms with van der Waals surface area (Å²) in [6, 6.07) is 6.24. The Labute approximate surface area is 135 Å². The zero-order chi connectivity index (χ0) is 16.3. The lowest BCUT2D eigenvalue weighted by molar-refractivity contribution is 0.0523. The van der Waals surface area contributed by atoms with Gasteiger partial charge in [0.1, 0.15) is 5.60 Å². The Bertz CT molecular complexity index is 672. The van der Waals surface area contributed by atoms with Crippen LogP contribution in [0, 0.1) is 13.8 Å². The molecule has 22 heavy (non-hydrogen) atoms. The van der Waals surface area contributed by atoms with Crippen molar-refractivity contribution >= 4 is 17.4 Å². The molecule has 0 atom stereocenters. The monoisotopic (exact) mass is 318 g/mol. The Kier molecular flexibility index (Phi) is 4.86. The fourth-order valence-corrected chi connectivity index (χ4v) is 2.90. The molecule has 4 nitrogen and oxygen atoms in total. The normalized spacial score (nSPS) is 11.3. The standard InChI is InChI=1S/C17H22N2O2S/c1-11-8-13(15-12(2)19-10-22-15)6-7-14(11)9-18-16(20)21-17(3,4)5/h6-8,10H,9H2,1-5H3,(H,18,20). The van der Waals surface area contributed by atoms with Crippen molar-refractivity contribution < 1.29 is 9.53 Å². The minimum absolute atomic E-state index is 0.394. The molecular weight excluding hydrogens is 296 g/mol. The highest BCUT2D eigenvalue weighted by molar-refractivity contribution is 7.13. The molecule has 1 heterocycles. The lowest BCUT2D eigenvalue weighted by Crippen LogP contribution is -2.32. The average molecular weight is 318 g/mol. The zero-order valence-corrected chi connectivity index (χ0v) is 14.5. The van der Waals surface area contributed by atoms with Crippen LogP contribution in [0.15, 0.2) is 23.7 Å². The molecule has 0 saturated heterocycles. The van der Waals surface area contributed by atoms with E-state index in [1.807, 2.05) is 46.2 Å². The largest absolute Gasteiger partial charge is 0.444 e. The molecule has 118 valence electrons. The fourth-order valence-electron chi connectivity index (χ4n) is 2.10. The number of alkyl carbamates (subject to hydrolysis) is 1. The van der Waals surface area contributed by atoms with Crippen LogP contribution in [0.3, 0.4) is 0 Å². The molecule has 0 fully saturated rings. The van der Waals surface area contributed by atoms with E-state index in [9.17, 15) is 4.79 Å². The van der Waals surface area contributed by atoms with Gasteiger partial charge in [0.2, 0.25) is 0 Å². The molecule has 1 N–H and O–H groups in total. The molecule has 0 aliphatic rings. The van der Waals surface area contributed by atoms with Gasteiger partial charge in [-0.1, -0.05) is 18.2 Å². The van der Waals surface area contributed by atoms with Crippen molar-refractivity contribution in [3.63, 3.8) is 0 Å². The van der Waals surface area contributed by atoms with Crippen LogP contribution in [0.2, 0.25) is 0 Å². The average Bonchev–Trinajstić information content (AvgIpc) is 2.81. The first kappa shape index (κ1) is 16.5. The summed E-state index contributed by atoms with van der Waals surface area (Å²) in [6.07, 6.45) is -0.394. The van der Waals surface area contributed by atoms with Crippen LogP contribution in [0.5, 0.6) is 0 Å². The van der Waals surface area contributed by atoms with E-state index in [2.05, 4.69) is 22.4 Å². The molecule has 1 aromatic carbocycles. The van der Waals surface area contributed by atoms with Crippen molar-refractivity contribution in [3.8, 4) is 10.4 Å². The first-order valence-electron chi connectivity index (χ1n) is 7.23. The summed E-state index contributed by atoms with van der Waals surface area (Å²) in [6.45, 7) is 10.1. The molecule has 0 unspecified atom stereocenters. The number of amides is 1. The van der Waals surface area contributed by atoms with Crippen LogP contribution in [0.25, 0.3) is 10.4 Å². The topological polar surface area (TPSA) is 51.2 Å². The second kappa shape index (κ2) is 6.48. The van der Waals surface area contributed by atoms with Gasteiger partial charge in [0, 0.05) is 6.54 Å². The number of nitrogens with one attached hydrogen (secondary N) is 1. The molecule has 1 amide bonds. The summed E-state index contributed by atoms with van der Waals surface area (Å²) in [5.74, 6) is 0. The van der Waals surface area contributed by atoms with Crippen LogP contribution in [-0.2, 0) is 11.3 Å². The molecule has 0 aliphatic carbocycles. The smallest absolute Gasteiger partial charge is 0.407 e. The molecular formula is C17H22N2O2S. The van der Waals surface area contributed by atoms with E-state index < -0.39 is 11.7 Å². The van der Waals surface area contributed by atoms with Gasteiger partial charge in [0.25, 0.3) is 0 Å². The highest BCUT2D eigenvalue weighted by atomic mass is 32.1. The Morgan fingerprint density at radius 2 is 2.05 bits per heavy atom. The number of rotatable bonds is 3.